The van der Waals surface area contributed by atoms with Crippen LogP contribution in [0, 0.1) is 34.0 Å². The SMILES string of the molecule is C=C1C[C@@]23CC[C@@H]4[C@](C)(CO[C@@H]5O[C@H](CO)[C@@H](O)[C@H](O[C@@H]6O[C@H](CO)[C@@H](O)[C@H](O)[C@H]6O)[C@H]5O[C@@H]5O[C@H](CO)[C@@H](O)[C@H](O)[C@H]5O)CCC[C@@]4(C)[C@@H]2CC[C@@H]1C3. The summed E-state index contributed by atoms with van der Waals surface area (Å²) >= 11 is 0. The standard InChI is InChI=1S/C38H62O16/c1-17-11-38-10-7-22-36(2,8-4-9-37(22,3)23(38)6-5-18(17)12-38)16-49-35-32(54-34-30(48)28(46)25(43)20(14-40)51-34)31(26(44)21(15-41)52-35)53-33-29(47)27(45)24(42)19(13-39)50-33/h18-35,39-48H,1,4-16H2,2-3H3/t18-,19-,20-,21-,22-,23+,24-,25-,26-,27+,28+,29-,30-,31+,32-,33+,34+,35-,36+,37-,38-/m1/s1. The molecule has 0 aromatic carbocycles. The fourth-order valence-corrected chi connectivity index (χ4v) is 12.1. The summed E-state index contributed by atoms with van der Waals surface area (Å²) in [6.07, 6.45) is -14.6. The Bertz CT molecular complexity index is 1320. The van der Waals surface area contributed by atoms with Crippen LogP contribution >= 0.6 is 0 Å². The molecule has 4 aliphatic carbocycles. The van der Waals surface area contributed by atoms with Gasteiger partial charge in [-0.05, 0) is 85.4 Å². The highest BCUT2D eigenvalue weighted by atomic mass is 16.8. The Balaban J connectivity index is 1.17. The van der Waals surface area contributed by atoms with Gasteiger partial charge in [-0.15, -0.1) is 0 Å². The summed E-state index contributed by atoms with van der Waals surface area (Å²) < 4.78 is 36.3. The van der Waals surface area contributed by atoms with Crippen molar-refractivity contribution in [3.63, 3.8) is 0 Å². The second-order valence-corrected chi connectivity index (χ2v) is 18.0. The number of hydrogen-bond donors (Lipinski definition) is 10. The summed E-state index contributed by atoms with van der Waals surface area (Å²) in [5.74, 6) is 1.50. The second kappa shape index (κ2) is 15.7. The first-order chi connectivity index (χ1) is 25.6. The van der Waals surface area contributed by atoms with E-state index in [1.807, 2.05) is 0 Å². The van der Waals surface area contributed by atoms with Crippen LogP contribution in [0.1, 0.15) is 71.6 Å². The molecule has 7 aliphatic rings. The van der Waals surface area contributed by atoms with Gasteiger partial charge in [-0.1, -0.05) is 32.4 Å². The molecule has 3 aliphatic heterocycles. The second-order valence-electron chi connectivity index (χ2n) is 18.0. The molecule has 0 unspecified atom stereocenters. The topological polar surface area (TPSA) is 258 Å². The fraction of sp³-hybridized carbons (Fsp3) is 0.947. The molecule has 0 radical (unpaired) electrons. The van der Waals surface area contributed by atoms with Crippen LogP contribution in [-0.2, 0) is 28.4 Å². The van der Waals surface area contributed by atoms with Crippen molar-refractivity contribution in [2.45, 2.75) is 164 Å². The first-order valence-corrected chi connectivity index (χ1v) is 19.8. The lowest BCUT2D eigenvalue weighted by Crippen LogP contribution is -2.67. The van der Waals surface area contributed by atoms with E-state index in [0.29, 0.717) is 23.2 Å². The molecule has 3 saturated heterocycles. The van der Waals surface area contributed by atoms with Gasteiger partial charge in [-0.3, -0.25) is 0 Å². The Morgan fingerprint density at radius 3 is 1.78 bits per heavy atom. The third-order valence-electron chi connectivity index (χ3n) is 14.8. The largest absolute Gasteiger partial charge is 0.394 e. The minimum atomic E-state index is -1.86. The van der Waals surface area contributed by atoms with Crippen molar-refractivity contribution in [1.82, 2.24) is 0 Å². The zero-order chi connectivity index (χ0) is 38.9. The number of fused-ring (bicyclic) bond motifs is 3. The van der Waals surface area contributed by atoms with E-state index in [4.69, 9.17) is 28.4 Å². The molecule has 0 amide bonds. The third kappa shape index (κ3) is 6.92. The zero-order valence-electron chi connectivity index (χ0n) is 31.2. The van der Waals surface area contributed by atoms with Crippen LogP contribution in [0.3, 0.4) is 0 Å². The van der Waals surface area contributed by atoms with Crippen molar-refractivity contribution in [3.05, 3.63) is 12.2 Å². The molecule has 1 spiro atoms. The van der Waals surface area contributed by atoms with E-state index >= 15 is 0 Å². The maximum atomic E-state index is 11.5. The van der Waals surface area contributed by atoms with Crippen molar-refractivity contribution in [2.24, 2.45) is 34.0 Å². The molecule has 10 N–H and O–H groups in total. The van der Waals surface area contributed by atoms with E-state index in [0.717, 1.165) is 38.5 Å². The van der Waals surface area contributed by atoms with E-state index in [1.165, 1.54) is 24.8 Å². The van der Waals surface area contributed by atoms with Crippen LogP contribution in [0.5, 0.6) is 0 Å². The lowest BCUT2D eigenvalue weighted by molar-refractivity contribution is -0.394. The monoisotopic (exact) mass is 774 g/mol. The quantitative estimate of drug-likeness (QED) is 0.112. The van der Waals surface area contributed by atoms with Crippen LogP contribution in [0.15, 0.2) is 12.2 Å². The van der Waals surface area contributed by atoms with E-state index in [1.54, 1.807) is 0 Å². The summed E-state index contributed by atoms with van der Waals surface area (Å²) in [5.41, 5.74) is 1.45. The number of ether oxygens (including phenoxy) is 6. The van der Waals surface area contributed by atoms with Gasteiger partial charge < -0.3 is 79.5 Å². The van der Waals surface area contributed by atoms with Crippen molar-refractivity contribution in [2.75, 3.05) is 26.4 Å². The Labute approximate surface area is 315 Å². The first-order valence-electron chi connectivity index (χ1n) is 19.8. The molecular formula is C38H62O16. The number of hydrogen-bond acceptors (Lipinski definition) is 16. The molecule has 16 nitrogen and oxygen atoms in total. The minimum absolute atomic E-state index is 0.0719. The van der Waals surface area contributed by atoms with Crippen LogP contribution in [0.2, 0.25) is 0 Å². The van der Waals surface area contributed by atoms with Crippen molar-refractivity contribution < 1.29 is 79.5 Å². The van der Waals surface area contributed by atoms with Crippen LogP contribution < -0.4 is 0 Å². The normalized spacial score (nSPS) is 54.9. The number of rotatable bonds is 10. The molecule has 2 bridgehead atoms. The Morgan fingerprint density at radius 1 is 0.630 bits per heavy atom. The molecular weight excluding hydrogens is 712 g/mol. The molecule has 0 aromatic rings. The summed E-state index contributed by atoms with van der Waals surface area (Å²) in [5, 5.41) is 105. The van der Waals surface area contributed by atoms with E-state index < -0.39 is 112 Å². The van der Waals surface area contributed by atoms with Crippen LogP contribution in [0.4, 0.5) is 0 Å². The van der Waals surface area contributed by atoms with E-state index in [-0.39, 0.29) is 17.4 Å². The van der Waals surface area contributed by atoms with Gasteiger partial charge in [-0.2, -0.15) is 0 Å². The Hall–Kier alpha value is -0.900. The van der Waals surface area contributed by atoms with Crippen molar-refractivity contribution >= 4 is 0 Å². The third-order valence-corrected chi connectivity index (χ3v) is 14.8. The minimum Gasteiger partial charge on any atom is -0.394 e. The van der Waals surface area contributed by atoms with Crippen LogP contribution in [-0.4, -0.2) is 170 Å². The van der Waals surface area contributed by atoms with Crippen molar-refractivity contribution in [3.8, 4) is 0 Å². The van der Waals surface area contributed by atoms with E-state index in [2.05, 4.69) is 20.4 Å². The van der Waals surface area contributed by atoms with E-state index in [9.17, 15) is 51.1 Å². The highest BCUT2D eigenvalue weighted by Gasteiger charge is 2.64. The van der Waals surface area contributed by atoms with Gasteiger partial charge in [0, 0.05) is 0 Å². The average Bonchev–Trinajstić information content (AvgIpc) is 3.38. The predicted octanol–water partition coefficient (Wildman–Crippen LogP) is -1.58. The predicted molar refractivity (Wildman–Crippen MR) is 185 cm³/mol. The molecule has 0 aromatic heterocycles. The summed E-state index contributed by atoms with van der Waals surface area (Å²) in [4.78, 5) is 0. The van der Waals surface area contributed by atoms with Crippen LogP contribution in [0.25, 0.3) is 0 Å². The zero-order valence-corrected chi connectivity index (χ0v) is 31.2. The number of aliphatic hydroxyl groups excluding tert-OH is 10. The number of allylic oxidation sites excluding steroid dienone is 1. The number of aliphatic hydroxyl groups is 10. The maximum absolute atomic E-state index is 11.5. The summed E-state index contributed by atoms with van der Waals surface area (Å²) in [7, 11) is 0. The Kier molecular flexibility index (Phi) is 12.0. The molecule has 310 valence electrons. The molecule has 21 atom stereocenters. The van der Waals surface area contributed by atoms with Gasteiger partial charge in [0.1, 0.15) is 73.2 Å². The van der Waals surface area contributed by atoms with Crippen molar-refractivity contribution in [1.29, 1.82) is 0 Å². The highest BCUT2D eigenvalue weighted by Crippen LogP contribution is 2.72. The first kappa shape index (κ1) is 41.3. The van der Waals surface area contributed by atoms with Gasteiger partial charge in [0.2, 0.25) is 0 Å². The maximum Gasteiger partial charge on any atom is 0.187 e. The lowest BCUT2D eigenvalue weighted by atomic mass is 9.41. The van der Waals surface area contributed by atoms with Gasteiger partial charge in [0.25, 0.3) is 0 Å². The summed E-state index contributed by atoms with van der Waals surface area (Å²) in [6, 6.07) is 0. The van der Waals surface area contributed by atoms with Gasteiger partial charge in [0.15, 0.2) is 18.9 Å². The van der Waals surface area contributed by atoms with Gasteiger partial charge in [0.05, 0.1) is 26.4 Å². The van der Waals surface area contributed by atoms with Gasteiger partial charge >= 0.3 is 0 Å². The molecule has 54 heavy (non-hydrogen) atoms. The average molecular weight is 775 g/mol. The lowest BCUT2D eigenvalue weighted by Gasteiger charge is -2.64. The summed E-state index contributed by atoms with van der Waals surface area (Å²) in [6.45, 7) is 7.14. The molecule has 16 heteroatoms. The highest BCUT2D eigenvalue weighted by molar-refractivity contribution is 5.22. The molecule has 7 fully saturated rings. The molecule has 3 heterocycles. The Morgan fingerprint density at radius 2 is 1.19 bits per heavy atom. The smallest absolute Gasteiger partial charge is 0.187 e. The molecule has 4 saturated carbocycles. The molecule has 7 rings (SSSR count). The fourth-order valence-electron chi connectivity index (χ4n) is 12.1. The van der Waals surface area contributed by atoms with Gasteiger partial charge in [-0.25, -0.2) is 0 Å².